The Morgan fingerprint density at radius 2 is 1.35 bits per heavy atom. The maximum atomic E-state index is 12.3. The fraction of sp³-hybridized carbons (Fsp3) is 0.143. The molecule has 0 radical (unpaired) electrons. The Morgan fingerprint density at radius 3 is 1.59 bits per heavy atom. The maximum absolute atomic E-state index is 12.3. The molecule has 92 valence electrons. The highest BCUT2D eigenvalue weighted by atomic mass is 19.4. The van der Waals surface area contributed by atoms with Crippen LogP contribution in [-0.4, -0.2) is 9.85 Å². The topological polar surface area (TPSA) is 109 Å². The predicted octanol–water partition coefficient (Wildman–Crippen LogP) is 1.60. The van der Waals surface area contributed by atoms with E-state index in [0.29, 0.717) is 0 Å². The van der Waals surface area contributed by atoms with Crippen LogP contribution in [0.4, 0.5) is 24.5 Å². The highest BCUT2D eigenvalue weighted by Gasteiger charge is 2.35. The number of nitrogens with zero attached hydrogens (tertiary/aromatic N) is 2. The fourth-order valence-corrected chi connectivity index (χ4v) is 1.03. The van der Waals surface area contributed by atoms with Crippen LogP contribution in [0.2, 0.25) is 0 Å². The minimum Gasteiger partial charge on any atom is -0.863 e. The number of hydrogen-bond donors (Lipinski definition) is 0. The van der Waals surface area contributed by atoms with Crippen molar-refractivity contribution in [2.24, 2.45) is 0 Å². The smallest absolute Gasteiger partial charge is 0.416 e. The minimum atomic E-state index is -5.01. The van der Waals surface area contributed by atoms with Gasteiger partial charge in [-0.15, -0.1) is 0 Å². The van der Waals surface area contributed by atoms with Gasteiger partial charge in [-0.25, -0.2) is 0 Å². The number of halogens is 3. The average Bonchev–Trinajstić information content (AvgIpc) is 2.14. The van der Waals surface area contributed by atoms with Gasteiger partial charge in [-0.2, -0.15) is 13.2 Å². The third-order valence-electron chi connectivity index (χ3n) is 1.77. The lowest BCUT2D eigenvalue weighted by molar-refractivity contribution is -0.416. The van der Waals surface area contributed by atoms with E-state index in [9.17, 15) is 38.5 Å². The number of nitro benzene ring substituents is 2. The molecule has 1 aromatic carbocycles. The molecule has 1 aromatic rings. The highest BCUT2D eigenvalue weighted by molar-refractivity contribution is 5.60. The van der Waals surface area contributed by atoms with E-state index >= 15 is 0 Å². The van der Waals surface area contributed by atoms with Crippen LogP contribution < -0.4 is 5.11 Å². The Labute approximate surface area is 90.4 Å². The normalized spacial score (nSPS) is 11.2. The van der Waals surface area contributed by atoms with Gasteiger partial charge < -0.3 is 5.11 Å². The van der Waals surface area contributed by atoms with Gasteiger partial charge in [0.1, 0.15) is 0 Å². The van der Waals surface area contributed by atoms with Crippen molar-refractivity contribution in [1.29, 1.82) is 0 Å². The largest absolute Gasteiger partial charge is 0.863 e. The average molecular weight is 251 g/mol. The van der Waals surface area contributed by atoms with Gasteiger partial charge in [-0.05, 0) is 0 Å². The third-order valence-corrected chi connectivity index (χ3v) is 1.77. The van der Waals surface area contributed by atoms with Gasteiger partial charge in [-0.1, -0.05) is 0 Å². The Balaban J connectivity index is 3.59. The van der Waals surface area contributed by atoms with Gasteiger partial charge >= 0.3 is 6.18 Å². The van der Waals surface area contributed by atoms with Crippen LogP contribution in [0.25, 0.3) is 0 Å². The monoisotopic (exact) mass is 251 g/mol. The first-order chi connectivity index (χ1) is 7.64. The molecule has 0 fully saturated rings. The van der Waals surface area contributed by atoms with Crippen LogP contribution in [0.15, 0.2) is 12.1 Å². The number of benzene rings is 1. The standard InChI is InChI=1S/C7H3F3N2O5/c8-7(9,10)3-1-4(11(14)15)6(13)5(2-3)12(16)17/h1-2,13H/p-1. The van der Waals surface area contributed by atoms with Crippen LogP contribution in [0.1, 0.15) is 5.56 Å². The first-order valence-corrected chi connectivity index (χ1v) is 3.85. The van der Waals surface area contributed by atoms with Crippen molar-refractivity contribution >= 4 is 11.4 Å². The number of rotatable bonds is 2. The van der Waals surface area contributed by atoms with Gasteiger partial charge in [0, 0.05) is 12.1 Å². The molecular weight excluding hydrogens is 249 g/mol. The van der Waals surface area contributed by atoms with Crippen molar-refractivity contribution in [3.8, 4) is 5.75 Å². The number of nitro groups is 2. The molecule has 0 atom stereocenters. The lowest BCUT2D eigenvalue weighted by Gasteiger charge is -2.11. The Kier molecular flexibility index (Phi) is 2.90. The summed E-state index contributed by atoms with van der Waals surface area (Å²) in [5.41, 5.74) is -4.58. The zero-order chi connectivity index (χ0) is 13.4. The van der Waals surface area contributed by atoms with Crippen LogP contribution in [0.5, 0.6) is 5.75 Å². The van der Waals surface area contributed by atoms with Crippen molar-refractivity contribution in [2.75, 3.05) is 0 Å². The molecular formula is C7H2F3N2O5-. The van der Waals surface area contributed by atoms with Gasteiger partial charge in [0.05, 0.1) is 21.2 Å². The van der Waals surface area contributed by atoms with Crippen LogP contribution in [-0.2, 0) is 6.18 Å². The fourth-order valence-electron chi connectivity index (χ4n) is 1.03. The molecule has 10 heteroatoms. The number of hydrogen-bond acceptors (Lipinski definition) is 5. The summed E-state index contributed by atoms with van der Waals surface area (Å²) in [5, 5.41) is 31.7. The molecule has 17 heavy (non-hydrogen) atoms. The van der Waals surface area contributed by atoms with Crippen molar-refractivity contribution in [2.45, 2.75) is 6.18 Å². The van der Waals surface area contributed by atoms with E-state index in [2.05, 4.69) is 0 Å². The third kappa shape index (κ3) is 2.41. The molecule has 0 aliphatic rings. The minimum absolute atomic E-state index is 0.0324. The predicted molar refractivity (Wildman–Crippen MR) is 44.2 cm³/mol. The molecule has 0 heterocycles. The van der Waals surface area contributed by atoms with Gasteiger partial charge in [-0.3, -0.25) is 20.2 Å². The zero-order valence-corrected chi connectivity index (χ0v) is 7.72. The molecule has 0 unspecified atom stereocenters. The van der Waals surface area contributed by atoms with Crippen molar-refractivity contribution < 1.29 is 28.1 Å². The van der Waals surface area contributed by atoms with E-state index in [-0.39, 0.29) is 12.1 Å². The summed E-state index contributed by atoms with van der Waals surface area (Å²) in [5.74, 6) is -1.66. The summed E-state index contributed by atoms with van der Waals surface area (Å²) in [7, 11) is 0. The summed E-state index contributed by atoms with van der Waals surface area (Å²) in [6.07, 6.45) is -5.01. The summed E-state index contributed by atoms with van der Waals surface area (Å²) in [6, 6.07) is -0.0648. The van der Waals surface area contributed by atoms with E-state index in [0.717, 1.165) is 0 Å². The molecule has 0 amide bonds. The zero-order valence-electron chi connectivity index (χ0n) is 7.72. The van der Waals surface area contributed by atoms with Crippen LogP contribution in [0, 0.1) is 20.2 Å². The van der Waals surface area contributed by atoms with E-state index in [1.807, 2.05) is 0 Å². The SMILES string of the molecule is O=[N+]([O-])c1cc(C(F)(F)F)cc([N+](=O)[O-])c1[O-]. The lowest BCUT2D eigenvalue weighted by atomic mass is 10.1. The Hall–Kier alpha value is -2.39. The molecule has 1 rings (SSSR count). The molecule has 0 saturated carbocycles. The van der Waals surface area contributed by atoms with Gasteiger partial charge in [0.15, 0.2) is 0 Å². The summed E-state index contributed by atoms with van der Waals surface area (Å²) in [6.45, 7) is 0. The molecule has 0 aliphatic heterocycles. The van der Waals surface area contributed by atoms with Gasteiger partial charge in [0.25, 0.3) is 11.4 Å². The highest BCUT2D eigenvalue weighted by Crippen LogP contribution is 2.40. The first-order valence-electron chi connectivity index (χ1n) is 3.85. The first kappa shape index (κ1) is 12.7. The second-order valence-corrected chi connectivity index (χ2v) is 2.86. The molecule has 7 nitrogen and oxygen atoms in total. The molecule has 0 bridgehead atoms. The van der Waals surface area contributed by atoms with E-state index < -0.39 is 38.7 Å². The van der Waals surface area contributed by atoms with Crippen molar-refractivity contribution in [3.05, 3.63) is 37.9 Å². The van der Waals surface area contributed by atoms with E-state index in [4.69, 9.17) is 0 Å². The summed E-state index contributed by atoms with van der Waals surface area (Å²) in [4.78, 5) is 17.8. The van der Waals surface area contributed by atoms with Crippen LogP contribution in [0.3, 0.4) is 0 Å². The molecule has 0 aromatic heterocycles. The van der Waals surface area contributed by atoms with Crippen molar-refractivity contribution in [3.63, 3.8) is 0 Å². The van der Waals surface area contributed by atoms with Crippen molar-refractivity contribution in [1.82, 2.24) is 0 Å². The molecule has 0 N–H and O–H groups in total. The number of alkyl halides is 3. The van der Waals surface area contributed by atoms with E-state index in [1.54, 1.807) is 0 Å². The molecule has 0 saturated heterocycles. The quantitative estimate of drug-likeness (QED) is 0.585. The summed E-state index contributed by atoms with van der Waals surface area (Å²) >= 11 is 0. The van der Waals surface area contributed by atoms with Crippen LogP contribution >= 0.6 is 0 Å². The Morgan fingerprint density at radius 1 is 1.00 bits per heavy atom. The second-order valence-electron chi connectivity index (χ2n) is 2.86. The maximum Gasteiger partial charge on any atom is 0.416 e. The summed E-state index contributed by atoms with van der Waals surface area (Å²) < 4.78 is 36.8. The van der Waals surface area contributed by atoms with E-state index in [1.165, 1.54) is 0 Å². The lowest BCUT2D eigenvalue weighted by Crippen LogP contribution is -2.09. The molecule has 0 spiro atoms. The molecule has 0 aliphatic carbocycles. The second kappa shape index (κ2) is 3.88. The van der Waals surface area contributed by atoms with Gasteiger partial charge in [0.2, 0.25) is 0 Å². The Bertz CT molecular complexity index is 464.